The van der Waals surface area contributed by atoms with Gasteiger partial charge in [0.05, 0.1) is 13.0 Å². The third-order valence-corrected chi connectivity index (χ3v) is 4.05. The van der Waals surface area contributed by atoms with Crippen LogP contribution in [0.4, 0.5) is 0 Å². The molecule has 0 aromatic heterocycles. The van der Waals surface area contributed by atoms with Crippen LogP contribution in [0.15, 0.2) is 0 Å². The molecular formula is C15H26N6O8S. The molecule has 0 aliphatic carbocycles. The number of hydrogen-bond acceptors (Lipinski definition) is 9. The van der Waals surface area contributed by atoms with Crippen molar-refractivity contribution in [3.63, 3.8) is 0 Å². The zero-order valence-electron chi connectivity index (χ0n) is 15.9. The van der Waals surface area contributed by atoms with Gasteiger partial charge in [-0.05, 0) is 6.42 Å². The highest BCUT2D eigenvalue weighted by Crippen LogP contribution is 2.02. The lowest BCUT2D eigenvalue weighted by molar-refractivity contribution is -0.142. The van der Waals surface area contributed by atoms with Gasteiger partial charge in [-0.1, -0.05) is 0 Å². The Hall–Kier alpha value is -2.91. The summed E-state index contributed by atoms with van der Waals surface area (Å²) in [5.41, 5.74) is 15.4. The van der Waals surface area contributed by atoms with Crippen molar-refractivity contribution in [1.29, 1.82) is 0 Å². The molecule has 0 aliphatic heterocycles. The molecule has 0 fully saturated rings. The van der Waals surface area contributed by atoms with E-state index < -0.39 is 72.7 Å². The Morgan fingerprint density at radius 2 is 1.33 bits per heavy atom. The van der Waals surface area contributed by atoms with E-state index in [1.165, 1.54) is 0 Å². The largest absolute Gasteiger partial charge is 0.480 e. The molecule has 0 spiro atoms. The van der Waals surface area contributed by atoms with Gasteiger partial charge in [-0.15, -0.1) is 0 Å². The lowest BCUT2D eigenvalue weighted by Crippen LogP contribution is -2.58. The van der Waals surface area contributed by atoms with E-state index in [4.69, 9.17) is 27.4 Å². The second-order valence-electron chi connectivity index (χ2n) is 6.17. The summed E-state index contributed by atoms with van der Waals surface area (Å²) in [4.78, 5) is 70.0. The lowest BCUT2D eigenvalue weighted by atomic mass is 10.1. The van der Waals surface area contributed by atoms with Crippen LogP contribution in [0.25, 0.3) is 0 Å². The van der Waals surface area contributed by atoms with Crippen molar-refractivity contribution in [2.24, 2.45) is 17.2 Å². The number of aliphatic hydroxyl groups is 1. The molecule has 0 heterocycles. The molecule has 4 unspecified atom stereocenters. The first-order valence-electron chi connectivity index (χ1n) is 8.60. The van der Waals surface area contributed by atoms with E-state index in [-0.39, 0.29) is 18.6 Å². The van der Waals surface area contributed by atoms with E-state index in [2.05, 4.69) is 28.6 Å². The molecule has 5 amide bonds. The molecule has 0 aromatic rings. The van der Waals surface area contributed by atoms with Crippen LogP contribution in [0.3, 0.4) is 0 Å². The van der Waals surface area contributed by atoms with Crippen molar-refractivity contribution < 1.29 is 39.0 Å². The second kappa shape index (κ2) is 13.3. The van der Waals surface area contributed by atoms with E-state index in [1.54, 1.807) is 0 Å². The number of aliphatic carboxylic acids is 1. The number of nitrogens with one attached hydrogen (secondary N) is 3. The number of aliphatic hydroxyl groups excluding tert-OH is 1. The third-order valence-electron chi connectivity index (χ3n) is 3.68. The lowest BCUT2D eigenvalue weighted by Gasteiger charge is -2.24. The number of carbonyl (C=O) groups is 6. The molecule has 4 atom stereocenters. The summed E-state index contributed by atoms with van der Waals surface area (Å²) in [7, 11) is 0. The molecule has 170 valence electrons. The van der Waals surface area contributed by atoms with Crippen LogP contribution in [-0.4, -0.2) is 82.2 Å². The SMILES string of the molecule is NC(=O)CCC(NC(=O)C(CC(N)=O)NC(=O)C(N)CO)C(=O)NC(CS)C(=O)O. The number of nitrogens with two attached hydrogens (primary N) is 3. The summed E-state index contributed by atoms with van der Waals surface area (Å²) >= 11 is 3.80. The Kier molecular flexibility index (Phi) is 12.0. The Morgan fingerprint density at radius 3 is 1.77 bits per heavy atom. The molecule has 0 radical (unpaired) electrons. The van der Waals surface area contributed by atoms with Crippen molar-refractivity contribution in [1.82, 2.24) is 16.0 Å². The number of hydrogen-bond donors (Lipinski definition) is 9. The van der Waals surface area contributed by atoms with E-state index >= 15 is 0 Å². The molecule has 0 aromatic carbocycles. The van der Waals surface area contributed by atoms with Crippen LogP contribution < -0.4 is 33.2 Å². The van der Waals surface area contributed by atoms with Crippen molar-refractivity contribution in [3.05, 3.63) is 0 Å². The highest BCUT2D eigenvalue weighted by Gasteiger charge is 2.30. The van der Waals surface area contributed by atoms with Crippen molar-refractivity contribution >= 4 is 48.1 Å². The summed E-state index contributed by atoms with van der Waals surface area (Å²) in [5, 5.41) is 24.4. The minimum Gasteiger partial charge on any atom is -0.480 e. The molecule has 0 bridgehead atoms. The third kappa shape index (κ3) is 10.0. The second-order valence-corrected chi connectivity index (χ2v) is 6.53. The summed E-state index contributed by atoms with van der Waals surface area (Å²) in [6, 6.07) is -5.73. The average Bonchev–Trinajstić information content (AvgIpc) is 2.66. The Bertz CT molecular complexity index is 676. The Balaban J connectivity index is 5.45. The zero-order chi connectivity index (χ0) is 23.4. The molecule has 30 heavy (non-hydrogen) atoms. The van der Waals surface area contributed by atoms with E-state index in [0.29, 0.717) is 0 Å². The first-order chi connectivity index (χ1) is 13.9. The zero-order valence-corrected chi connectivity index (χ0v) is 16.8. The number of carboxylic acids is 1. The van der Waals surface area contributed by atoms with Gasteiger partial charge in [-0.3, -0.25) is 24.0 Å². The summed E-state index contributed by atoms with van der Waals surface area (Å²) < 4.78 is 0. The molecular weight excluding hydrogens is 424 g/mol. The maximum absolute atomic E-state index is 12.5. The minimum atomic E-state index is -1.54. The molecule has 11 N–H and O–H groups in total. The topological polar surface area (TPSA) is 257 Å². The van der Waals surface area contributed by atoms with Gasteiger partial charge in [-0.2, -0.15) is 12.6 Å². The van der Waals surface area contributed by atoms with Gasteiger partial charge in [0, 0.05) is 12.2 Å². The molecule has 15 heteroatoms. The highest BCUT2D eigenvalue weighted by molar-refractivity contribution is 7.80. The fraction of sp³-hybridized carbons (Fsp3) is 0.600. The standard InChI is InChI=1S/C15H26N6O8S/c16-6(4-22)12(25)20-8(3-11(18)24)14(27)19-7(1-2-10(17)23)13(26)21-9(5-30)15(28)29/h6-9,22,30H,1-5,16H2,(H2,17,23)(H2,18,24)(H,19,27)(H,20,25)(H,21,26)(H,28,29). The van der Waals surface area contributed by atoms with Crippen molar-refractivity contribution in [2.75, 3.05) is 12.4 Å². The van der Waals surface area contributed by atoms with Crippen LogP contribution in [0, 0.1) is 0 Å². The predicted octanol–water partition coefficient (Wildman–Crippen LogP) is -5.08. The van der Waals surface area contributed by atoms with Crippen LogP contribution in [0.1, 0.15) is 19.3 Å². The monoisotopic (exact) mass is 450 g/mol. The summed E-state index contributed by atoms with van der Waals surface area (Å²) in [6.07, 6.45) is -1.29. The van der Waals surface area contributed by atoms with Gasteiger partial charge in [0.25, 0.3) is 0 Å². The van der Waals surface area contributed by atoms with Crippen LogP contribution >= 0.6 is 12.6 Å². The Morgan fingerprint density at radius 1 is 0.833 bits per heavy atom. The van der Waals surface area contributed by atoms with E-state index in [1.807, 2.05) is 0 Å². The Labute approximate surface area is 176 Å². The van der Waals surface area contributed by atoms with Gasteiger partial charge >= 0.3 is 5.97 Å². The number of thiol groups is 1. The molecule has 0 aliphatic rings. The first-order valence-corrected chi connectivity index (χ1v) is 9.23. The fourth-order valence-corrected chi connectivity index (χ4v) is 2.31. The quantitative estimate of drug-likeness (QED) is 0.114. The van der Waals surface area contributed by atoms with Gasteiger partial charge in [-0.25, -0.2) is 4.79 Å². The van der Waals surface area contributed by atoms with Crippen LogP contribution in [0.5, 0.6) is 0 Å². The number of primary amides is 2. The van der Waals surface area contributed by atoms with Gasteiger partial charge < -0.3 is 43.4 Å². The van der Waals surface area contributed by atoms with Crippen LogP contribution in [-0.2, 0) is 28.8 Å². The highest BCUT2D eigenvalue weighted by atomic mass is 32.1. The molecule has 0 saturated heterocycles. The predicted molar refractivity (Wildman–Crippen MR) is 105 cm³/mol. The number of amides is 5. The van der Waals surface area contributed by atoms with E-state index in [0.717, 1.165) is 0 Å². The van der Waals surface area contributed by atoms with Crippen LogP contribution in [0.2, 0.25) is 0 Å². The summed E-state index contributed by atoms with van der Waals surface area (Å²) in [6.45, 7) is -0.735. The minimum absolute atomic E-state index is 0.253. The molecule has 14 nitrogen and oxygen atoms in total. The maximum atomic E-state index is 12.5. The summed E-state index contributed by atoms with van der Waals surface area (Å²) in [5.74, 6) is -6.34. The molecule has 0 saturated carbocycles. The first kappa shape index (κ1) is 27.1. The number of carbonyl (C=O) groups excluding carboxylic acids is 5. The van der Waals surface area contributed by atoms with Crippen molar-refractivity contribution in [2.45, 2.75) is 43.4 Å². The maximum Gasteiger partial charge on any atom is 0.327 e. The number of rotatable bonds is 14. The normalized spacial score (nSPS) is 14.5. The average molecular weight is 450 g/mol. The van der Waals surface area contributed by atoms with Gasteiger partial charge in [0.2, 0.25) is 29.5 Å². The van der Waals surface area contributed by atoms with Gasteiger partial charge in [0.1, 0.15) is 24.2 Å². The fourth-order valence-electron chi connectivity index (χ4n) is 2.06. The van der Waals surface area contributed by atoms with Gasteiger partial charge in [0.15, 0.2) is 0 Å². The van der Waals surface area contributed by atoms with E-state index in [9.17, 15) is 28.8 Å². The smallest absolute Gasteiger partial charge is 0.327 e. The van der Waals surface area contributed by atoms with Crippen molar-refractivity contribution in [3.8, 4) is 0 Å². The number of carboxylic acid groups (broad SMARTS) is 1. The molecule has 0 rings (SSSR count).